The molecule has 0 aromatic heterocycles. The fourth-order valence-corrected chi connectivity index (χ4v) is 14.4. The third-order valence-corrected chi connectivity index (χ3v) is 14.8. The van der Waals surface area contributed by atoms with Crippen LogP contribution in [0.25, 0.3) is 0 Å². The van der Waals surface area contributed by atoms with Crippen LogP contribution in [0.4, 0.5) is 0 Å². The molecule has 0 aromatic carbocycles. The van der Waals surface area contributed by atoms with Crippen LogP contribution in [0.1, 0.15) is 55.4 Å². The summed E-state index contributed by atoms with van der Waals surface area (Å²) in [5, 5.41) is 6.78. The standard InChI is InChI=1S/C15H33NO12P4/c1-10(2)25-29(17,18)14(30(19,20)26-11(3)4)15(9-16,31(21,22)27-12(5)6)32(23,24)28-13(7)8/h10-14H,1-8H3,(H,17,18)(H,19,20)(H,21,22)(H,23,24). The quantitative estimate of drug-likeness (QED) is 0.243. The van der Waals surface area contributed by atoms with Gasteiger partial charge in [0.25, 0.3) is 4.90 Å². The molecule has 0 amide bonds. The Hall–Kier alpha value is 0.0900. The van der Waals surface area contributed by atoms with Crippen LogP contribution in [0.15, 0.2) is 0 Å². The molecular weight excluding hydrogens is 510 g/mol. The summed E-state index contributed by atoms with van der Waals surface area (Å²) < 4.78 is 72.5. The first-order valence-corrected chi connectivity index (χ1v) is 16.0. The van der Waals surface area contributed by atoms with Gasteiger partial charge in [0.2, 0.25) is 5.40 Å². The first kappa shape index (κ1) is 32.1. The second kappa shape index (κ2) is 11.2. The van der Waals surface area contributed by atoms with E-state index in [0.29, 0.717) is 0 Å². The average molecular weight is 543 g/mol. The third kappa shape index (κ3) is 7.29. The maximum absolute atomic E-state index is 13.3. The number of hydrogen-bond donors (Lipinski definition) is 4. The molecule has 190 valence electrons. The normalized spacial score (nSPS) is 23.1. The van der Waals surface area contributed by atoms with Crippen molar-refractivity contribution >= 4 is 30.4 Å². The van der Waals surface area contributed by atoms with E-state index in [4.69, 9.17) is 18.1 Å². The Morgan fingerprint density at radius 3 is 1.06 bits per heavy atom. The number of hydrogen-bond acceptors (Lipinski definition) is 9. The summed E-state index contributed by atoms with van der Waals surface area (Å²) in [4.78, 5) is 38.8. The highest BCUT2D eigenvalue weighted by Crippen LogP contribution is 2.85. The fraction of sp³-hybridized carbons (Fsp3) is 0.933. The van der Waals surface area contributed by atoms with Crippen LogP contribution in [0.2, 0.25) is 0 Å². The molecule has 0 aromatic rings. The highest BCUT2D eigenvalue weighted by Gasteiger charge is 2.78. The minimum Gasteiger partial charge on any atom is -0.324 e. The van der Waals surface area contributed by atoms with Crippen LogP contribution in [-0.4, -0.2) is 54.3 Å². The van der Waals surface area contributed by atoms with Crippen LogP contribution in [-0.2, 0) is 36.4 Å². The van der Waals surface area contributed by atoms with Gasteiger partial charge in [0.1, 0.15) is 0 Å². The van der Waals surface area contributed by atoms with E-state index in [0.717, 1.165) is 6.07 Å². The summed E-state index contributed by atoms with van der Waals surface area (Å²) in [7, 11) is -22.9. The predicted octanol–water partition coefficient (Wildman–Crippen LogP) is 3.97. The number of nitrogens with zero attached hydrogens (tertiary/aromatic N) is 1. The Morgan fingerprint density at radius 2 is 0.875 bits per heavy atom. The first-order chi connectivity index (χ1) is 14.1. The van der Waals surface area contributed by atoms with Gasteiger partial charge in [-0.2, -0.15) is 5.26 Å². The first-order valence-electron chi connectivity index (χ1n) is 9.55. The molecule has 0 fully saturated rings. The lowest BCUT2D eigenvalue weighted by molar-refractivity contribution is 0.159. The van der Waals surface area contributed by atoms with E-state index in [1.807, 2.05) is 0 Å². The minimum atomic E-state index is -5.83. The van der Waals surface area contributed by atoms with E-state index in [-0.39, 0.29) is 0 Å². The molecule has 0 aliphatic carbocycles. The summed E-state index contributed by atoms with van der Waals surface area (Å²) in [5.41, 5.74) is 0. The molecule has 0 heterocycles. The van der Waals surface area contributed by atoms with Crippen molar-refractivity contribution in [3.63, 3.8) is 0 Å². The van der Waals surface area contributed by atoms with Gasteiger partial charge in [-0.25, -0.2) is 0 Å². The van der Waals surface area contributed by atoms with E-state index in [1.165, 1.54) is 55.4 Å². The maximum atomic E-state index is 13.3. The van der Waals surface area contributed by atoms with Gasteiger partial charge >= 0.3 is 30.4 Å². The van der Waals surface area contributed by atoms with Crippen molar-refractivity contribution < 1.29 is 55.9 Å². The number of rotatable bonds is 13. The molecule has 0 aliphatic heterocycles. The average Bonchev–Trinajstić information content (AvgIpc) is 2.45. The van der Waals surface area contributed by atoms with Gasteiger partial charge in [0.05, 0.1) is 30.5 Å². The molecule has 0 bridgehead atoms. The van der Waals surface area contributed by atoms with Gasteiger partial charge in [0.15, 0.2) is 0 Å². The highest BCUT2D eigenvalue weighted by atomic mass is 31.3. The second-order valence-corrected chi connectivity index (χ2v) is 16.4. The van der Waals surface area contributed by atoms with Gasteiger partial charge in [-0.3, -0.25) is 18.3 Å². The highest BCUT2D eigenvalue weighted by molar-refractivity contribution is 7.80. The third-order valence-electron chi connectivity index (χ3n) is 3.44. The lowest BCUT2D eigenvalue weighted by Gasteiger charge is -2.41. The molecule has 0 aliphatic rings. The molecule has 17 heteroatoms. The van der Waals surface area contributed by atoms with Gasteiger partial charge in [-0.15, -0.1) is 0 Å². The Balaban J connectivity index is 7.69. The monoisotopic (exact) mass is 543 g/mol. The van der Waals surface area contributed by atoms with Gasteiger partial charge in [-0.05, 0) is 55.4 Å². The van der Waals surface area contributed by atoms with Crippen molar-refractivity contribution in [2.24, 2.45) is 0 Å². The van der Waals surface area contributed by atoms with Gasteiger partial charge < -0.3 is 37.7 Å². The molecule has 13 nitrogen and oxygen atoms in total. The lowest BCUT2D eigenvalue weighted by atomic mass is 10.5. The Labute approximate surface area is 188 Å². The lowest BCUT2D eigenvalue weighted by Crippen LogP contribution is -2.43. The summed E-state index contributed by atoms with van der Waals surface area (Å²) in [6, 6.07) is 1.06. The van der Waals surface area contributed by atoms with E-state index in [2.05, 4.69) is 0 Å². The van der Waals surface area contributed by atoms with Gasteiger partial charge in [-0.1, -0.05) is 0 Å². The van der Waals surface area contributed by atoms with Crippen molar-refractivity contribution in [1.82, 2.24) is 0 Å². The summed E-state index contributed by atoms with van der Waals surface area (Å²) in [5.74, 6) is 0. The molecule has 0 spiro atoms. The molecule has 0 saturated carbocycles. The van der Waals surface area contributed by atoms with Crippen LogP contribution in [0, 0.1) is 11.3 Å². The fourth-order valence-electron chi connectivity index (χ4n) is 2.73. The van der Waals surface area contributed by atoms with Crippen molar-refractivity contribution in [2.75, 3.05) is 0 Å². The van der Waals surface area contributed by atoms with Crippen molar-refractivity contribution in [3.05, 3.63) is 0 Å². The molecular formula is C15H33NO12P4. The zero-order valence-corrected chi connectivity index (χ0v) is 22.8. The maximum Gasteiger partial charge on any atom is 0.362 e. The van der Waals surface area contributed by atoms with E-state index in [9.17, 15) is 43.1 Å². The van der Waals surface area contributed by atoms with Gasteiger partial charge in [0, 0.05) is 0 Å². The van der Waals surface area contributed by atoms with Crippen LogP contribution in [0.3, 0.4) is 0 Å². The smallest absolute Gasteiger partial charge is 0.324 e. The van der Waals surface area contributed by atoms with Crippen LogP contribution >= 0.6 is 30.4 Å². The van der Waals surface area contributed by atoms with E-state index < -0.39 is 65.1 Å². The summed E-state index contributed by atoms with van der Waals surface area (Å²) in [6.45, 7) is 9.96. The molecule has 32 heavy (non-hydrogen) atoms. The molecule has 4 atom stereocenters. The Kier molecular flexibility index (Phi) is 11.3. The zero-order valence-electron chi connectivity index (χ0n) is 19.2. The van der Waals surface area contributed by atoms with Crippen LogP contribution < -0.4 is 0 Å². The number of nitriles is 1. The molecule has 4 N–H and O–H groups in total. The SMILES string of the molecule is CC(C)OP(=O)(O)C(C(C#N)(P(=O)(O)OC(C)C)P(=O)(O)OC(C)C)P(=O)(O)OC(C)C. The Morgan fingerprint density at radius 1 is 0.625 bits per heavy atom. The summed E-state index contributed by atoms with van der Waals surface area (Å²) >= 11 is 0. The molecule has 0 saturated heterocycles. The molecule has 0 radical (unpaired) electrons. The van der Waals surface area contributed by atoms with Crippen LogP contribution in [0.5, 0.6) is 0 Å². The van der Waals surface area contributed by atoms with E-state index >= 15 is 0 Å². The van der Waals surface area contributed by atoms with Crippen molar-refractivity contribution in [3.8, 4) is 6.07 Å². The minimum absolute atomic E-state index is 1.06. The predicted molar refractivity (Wildman–Crippen MR) is 116 cm³/mol. The largest absolute Gasteiger partial charge is 0.362 e. The molecule has 4 unspecified atom stereocenters. The van der Waals surface area contributed by atoms with Crippen molar-refractivity contribution in [2.45, 2.75) is 90.1 Å². The van der Waals surface area contributed by atoms with Crippen molar-refractivity contribution in [1.29, 1.82) is 5.26 Å². The summed E-state index contributed by atoms with van der Waals surface area (Å²) in [6.07, 6.45) is -4.55. The molecule has 0 rings (SSSR count). The topological polar surface area (TPSA) is 210 Å². The van der Waals surface area contributed by atoms with E-state index in [1.54, 1.807) is 0 Å². The zero-order chi connectivity index (χ0) is 25.9. The Bertz CT molecular complexity index is 820. The second-order valence-electron chi connectivity index (χ2n) is 8.00.